The van der Waals surface area contributed by atoms with Crippen molar-refractivity contribution in [3.8, 4) is 0 Å². The maximum Gasteiger partial charge on any atom is 0.243 e. The van der Waals surface area contributed by atoms with E-state index < -0.39 is 16.1 Å². The lowest BCUT2D eigenvalue weighted by molar-refractivity contribution is -0.124. The number of sulfonamides is 1. The lowest BCUT2D eigenvalue weighted by Crippen LogP contribution is -2.46. The van der Waals surface area contributed by atoms with Crippen LogP contribution in [0, 0.1) is 6.92 Å². The first-order valence-electron chi connectivity index (χ1n) is 8.37. The molecule has 7 heteroatoms. The topological polar surface area (TPSA) is 66.5 Å². The molecular weight excluding hydrogens is 356 g/mol. The highest BCUT2D eigenvalue weighted by atomic mass is 32.2. The van der Waals surface area contributed by atoms with Crippen LogP contribution in [0.5, 0.6) is 0 Å². The first kappa shape index (κ1) is 18.1. The van der Waals surface area contributed by atoms with Gasteiger partial charge < -0.3 is 5.32 Å². The number of nitrogens with one attached hydrogen (secondary N) is 1. The van der Waals surface area contributed by atoms with Crippen molar-refractivity contribution in [1.29, 1.82) is 0 Å². The van der Waals surface area contributed by atoms with E-state index in [9.17, 15) is 13.2 Å². The summed E-state index contributed by atoms with van der Waals surface area (Å²) in [7, 11) is -3.64. The van der Waals surface area contributed by atoms with E-state index in [4.69, 9.17) is 0 Å². The van der Waals surface area contributed by atoms with Gasteiger partial charge in [0.15, 0.2) is 0 Å². The van der Waals surface area contributed by atoms with Crippen molar-refractivity contribution >= 4 is 27.3 Å². The van der Waals surface area contributed by atoms with Crippen LogP contribution in [-0.4, -0.2) is 37.8 Å². The van der Waals surface area contributed by atoms with Crippen molar-refractivity contribution in [3.05, 3.63) is 52.2 Å². The average Bonchev–Trinajstić information content (AvgIpc) is 3.27. The van der Waals surface area contributed by atoms with E-state index in [-0.39, 0.29) is 10.8 Å². The Kier molecular flexibility index (Phi) is 5.56. The molecule has 3 rings (SSSR count). The summed E-state index contributed by atoms with van der Waals surface area (Å²) in [6.07, 6.45) is 2.03. The number of hydrogen-bond donors (Lipinski definition) is 1. The number of carbonyl (C=O) groups excluding carboxylic acids is 1. The maximum absolute atomic E-state index is 12.9. The lowest BCUT2D eigenvalue weighted by atomic mass is 10.2. The third-order valence-corrected chi connectivity index (χ3v) is 7.24. The number of carbonyl (C=O) groups is 1. The fourth-order valence-electron chi connectivity index (χ4n) is 3.02. The van der Waals surface area contributed by atoms with Gasteiger partial charge in [-0.25, -0.2) is 8.42 Å². The van der Waals surface area contributed by atoms with Gasteiger partial charge in [-0.1, -0.05) is 23.8 Å². The van der Waals surface area contributed by atoms with Crippen molar-refractivity contribution in [1.82, 2.24) is 9.62 Å². The molecule has 1 aliphatic heterocycles. The van der Waals surface area contributed by atoms with E-state index in [1.807, 2.05) is 24.4 Å². The minimum absolute atomic E-state index is 0.204. The Balaban J connectivity index is 1.66. The Bertz CT molecular complexity index is 815. The predicted octanol–water partition coefficient (Wildman–Crippen LogP) is 2.57. The zero-order chi connectivity index (χ0) is 17.9. The highest BCUT2D eigenvalue weighted by Gasteiger charge is 2.39. The second-order valence-electron chi connectivity index (χ2n) is 6.21. The number of thiophene rings is 1. The summed E-state index contributed by atoms with van der Waals surface area (Å²) in [6, 6.07) is 10.2. The molecule has 5 nitrogen and oxygen atoms in total. The third-order valence-electron chi connectivity index (χ3n) is 4.38. The summed E-state index contributed by atoms with van der Waals surface area (Å²) in [5, 5.41) is 4.89. The number of hydrogen-bond acceptors (Lipinski definition) is 4. The predicted molar refractivity (Wildman–Crippen MR) is 99.1 cm³/mol. The van der Waals surface area contributed by atoms with Crippen molar-refractivity contribution < 1.29 is 13.2 Å². The van der Waals surface area contributed by atoms with Gasteiger partial charge in [-0.2, -0.15) is 4.31 Å². The number of aryl methyl sites for hydroxylation is 1. The van der Waals surface area contributed by atoms with Gasteiger partial charge >= 0.3 is 0 Å². The van der Waals surface area contributed by atoms with Crippen molar-refractivity contribution in [3.63, 3.8) is 0 Å². The Morgan fingerprint density at radius 2 is 2.04 bits per heavy atom. The lowest BCUT2D eigenvalue weighted by Gasteiger charge is -2.23. The van der Waals surface area contributed by atoms with Crippen LogP contribution >= 0.6 is 11.3 Å². The smallest absolute Gasteiger partial charge is 0.243 e. The molecule has 1 amide bonds. The molecule has 1 aliphatic rings. The summed E-state index contributed by atoms with van der Waals surface area (Å²) < 4.78 is 27.1. The van der Waals surface area contributed by atoms with Crippen LogP contribution in [0.2, 0.25) is 0 Å². The summed E-state index contributed by atoms with van der Waals surface area (Å²) in [6.45, 7) is 2.82. The van der Waals surface area contributed by atoms with E-state index in [1.54, 1.807) is 35.6 Å². The fraction of sp³-hybridized carbons (Fsp3) is 0.389. The number of benzene rings is 1. The van der Waals surface area contributed by atoms with E-state index in [0.717, 1.165) is 12.0 Å². The van der Waals surface area contributed by atoms with Gasteiger partial charge in [-0.15, -0.1) is 11.3 Å². The van der Waals surface area contributed by atoms with Crippen molar-refractivity contribution in [2.75, 3.05) is 13.1 Å². The number of amides is 1. The Morgan fingerprint density at radius 1 is 1.28 bits per heavy atom. The van der Waals surface area contributed by atoms with Crippen LogP contribution in [0.1, 0.15) is 23.3 Å². The molecule has 0 saturated carbocycles. The van der Waals surface area contributed by atoms with Crippen LogP contribution in [-0.2, 0) is 21.2 Å². The molecule has 1 aromatic carbocycles. The molecule has 1 saturated heterocycles. The Morgan fingerprint density at radius 3 is 2.72 bits per heavy atom. The molecule has 0 radical (unpaired) electrons. The minimum Gasteiger partial charge on any atom is -0.354 e. The van der Waals surface area contributed by atoms with E-state index in [2.05, 4.69) is 5.32 Å². The summed E-state index contributed by atoms with van der Waals surface area (Å²) in [4.78, 5) is 14.0. The minimum atomic E-state index is -3.64. The molecule has 2 aromatic rings. The van der Waals surface area contributed by atoms with Gasteiger partial charge in [0.1, 0.15) is 6.04 Å². The van der Waals surface area contributed by atoms with Gasteiger partial charge in [-0.05, 0) is 49.8 Å². The van der Waals surface area contributed by atoms with Gasteiger partial charge in [-0.3, -0.25) is 4.79 Å². The second-order valence-corrected chi connectivity index (χ2v) is 9.13. The Labute approximate surface area is 152 Å². The molecule has 25 heavy (non-hydrogen) atoms. The molecule has 1 N–H and O–H groups in total. The molecule has 1 unspecified atom stereocenters. The monoisotopic (exact) mass is 378 g/mol. The first-order chi connectivity index (χ1) is 12.0. The van der Waals surface area contributed by atoms with Crippen LogP contribution in [0.4, 0.5) is 0 Å². The van der Waals surface area contributed by atoms with E-state index in [0.29, 0.717) is 25.9 Å². The molecule has 1 aromatic heterocycles. The molecule has 0 aliphatic carbocycles. The zero-order valence-electron chi connectivity index (χ0n) is 14.1. The summed E-state index contributed by atoms with van der Waals surface area (Å²) >= 11 is 1.65. The van der Waals surface area contributed by atoms with Gasteiger partial charge in [0, 0.05) is 18.0 Å². The Hall–Kier alpha value is -1.70. The van der Waals surface area contributed by atoms with Gasteiger partial charge in [0.05, 0.1) is 4.90 Å². The van der Waals surface area contributed by atoms with Crippen molar-refractivity contribution in [2.24, 2.45) is 0 Å². The zero-order valence-corrected chi connectivity index (χ0v) is 15.8. The molecule has 0 bridgehead atoms. The first-order valence-corrected chi connectivity index (χ1v) is 10.7. The average molecular weight is 379 g/mol. The van der Waals surface area contributed by atoms with Crippen LogP contribution in [0.15, 0.2) is 46.7 Å². The SMILES string of the molecule is Cc1ccc(S(=O)(=O)N2CCCC2C(=O)NCCc2cccs2)cc1. The fourth-order valence-corrected chi connectivity index (χ4v) is 5.38. The normalized spacial score (nSPS) is 18.4. The van der Waals surface area contributed by atoms with Crippen LogP contribution in [0.3, 0.4) is 0 Å². The van der Waals surface area contributed by atoms with Crippen molar-refractivity contribution in [2.45, 2.75) is 37.1 Å². The third kappa shape index (κ3) is 4.11. The molecule has 134 valence electrons. The molecule has 1 atom stereocenters. The number of rotatable bonds is 6. The highest BCUT2D eigenvalue weighted by molar-refractivity contribution is 7.89. The largest absolute Gasteiger partial charge is 0.354 e. The molecule has 0 spiro atoms. The van der Waals surface area contributed by atoms with E-state index in [1.165, 1.54) is 9.18 Å². The molecular formula is C18H22N2O3S2. The van der Waals surface area contributed by atoms with Crippen LogP contribution < -0.4 is 5.32 Å². The van der Waals surface area contributed by atoms with E-state index >= 15 is 0 Å². The number of nitrogens with zero attached hydrogens (tertiary/aromatic N) is 1. The molecule has 2 heterocycles. The van der Waals surface area contributed by atoms with Gasteiger partial charge in [0.2, 0.25) is 15.9 Å². The summed E-state index contributed by atoms with van der Waals surface area (Å²) in [5.74, 6) is -0.204. The summed E-state index contributed by atoms with van der Waals surface area (Å²) in [5.41, 5.74) is 1.00. The highest BCUT2D eigenvalue weighted by Crippen LogP contribution is 2.26. The second kappa shape index (κ2) is 7.68. The van der Waals surface area contributed by atoms with Crippen LogP contribution in [0.25, 0.3) is 0 Å². The molecule has 1 fully saturated rings. The quantitative estimate of drug-likeness (QED) is 0.840. The standard InChI is InChI=1S/C18H22N2O3S2/c1-14-6-8-16(9-7-14)25(22,23)20-12-2-5-17(20)18(21)19-11-10-15-4-3-13-24-15/h3-4,6-9,13,17H,2,5,10-12H2,1H3,(H,19,21). The van der Waals surface area contributed by atoms with Gasteiger partial charge in [0.25, 0.3) is 0 Å². The maximum atomic E-state index is 12.9.